The SMILES string of the molecule is Cc1csc(NS(=O)(=O)c2ccc([N+](=O)[O-])c(F)c2)n1. The van der Waals surface area contributed by atoms with E-state index in [4.69, 9.17) is 0 Å². The largest absolute Gasteiger partial charge is 0.304 e. The summed E-state index contributed by atoms with van der Waals surface area (Å²) in [6.07, 6.45) is 0. The highest BCUT2D eigenvalue weighted by atomic mass is 32.2. The van der Waals surface area contributed by atoms with Crippen LogP contribution >= 0.6 is 11.3 Å². The lowest BCUT2D eigenvalue weighted by atomic mass is 10.3. The molecule has 0 saturated carbocycles. The molecule has 0 amide bonds. The summed E-state index contributed by atoms with van der Waals surface area (Å²) in [6.45, 7) is 1.69. The second-order valence-corrected chi connectivity index (χ2v) is 6.31. The molecule has 0 aliphatic rings. The molecule has 0 atom stereocenters. The lowest BCUT2D eigenvalue weighted by Gasteiger charge is -2.05. The molecule has 1 aromatic heterocycles. The number of anilines is 1. The zero-order valence-electron chi connectivity index (χ0n) is 10.0. The molecule has 1 aromatic carbocycles. The minimum absolute atomic E-state index is 0.140. The van der Waals surface area contributed by atoms with Crippen LogP contribution in [0.1, 0.15) is 5.69 Å². The number of aromatic nitrogens is 1. The number of thiazole rings is 1. The summed E-state index contributed by atoms with van der Waals surface area (Å²) in [4.78, 5) is 13.0. The zero-order chi connectivity index (χ0) is 14.9. The maximum atomic E-state index is 13.4. The summed E-state index contributed by atoms with van der Waals surface area (Å²) in [5.41, 5.74) is -0.142. The molecule has 2 rings (SSSR count). The molecule has 0 fully saturated rings. The molecular weight excluding hydrogens is 309 g/mol. The molecule has 0 aliphatic heterocycles. The highest BCUT2D eigenvalue weighted by Crippen LogP contribution is 2.23. The molecule has 0 aliphatic carbocycles. The van der Waals surface area contributed by atoms with Gasteiger partial charge in [0.15, 0.2) is 5.13 Å². The van der Waals surface area contributed by atoms with Crippen LogP contribution in [0, 0.1) is 22.9 Å². The van der Waals surface area contributed by atoms with Gasteiger partial charge in [-0.1, -0.05) is 0 Å². The van der Waals surface area contributed by atoms with Crippen LogP contribution in [0.5, 0.6) is 0 Å². The molecule has 0 radical (unpaired) electrons. The number of halogens is 1. The molecular formula is C10H8FN3O4S2. The average molecular weight is 317 g/mol. The van der Waals surface area contributed by atoms with E-state index >= 15 is 0 Å². The van der Waals surface area contributed by atoms with E-state index in [0.717, 1.165) is 23.5 Å². The second-order valence-electron chi connectivity index (χ2n) is 3.77. The van der Waals surface area contributed by atoms with Gasteiger partial charge in [0.05, 0.1) is 15.5 Å². The Labute approximate surface area is 117 Å². The predicted molar refractivity (Wildman–Crippen MR) is 70.7 cm³/mol. The molecule has 0 spiro atoms. The lowest BCUT2D eigenvalue weighted by Crippen LogP contribution is -2.13. The van der Waals surface area contributed by atoms with Gasteiger partial charge in [0, 0.05) is 17.5 Å². The molecule has 10 heteroatoms. The van der Waals surface area contributed by atoms with Crippen molar-refractivity contribution < 1.29 is 17.7 Å². The van der Waals surface area contributed by atoms with Crippen molar-refractivity contribution in [3.05, 3.63) is 45.2 Å². The maximum Gasteiger partial charge on any atom is 0.304 e. The van der Waals surface area contributed by atoms with Crippen LogP contribution in [0.4, 0.5) is 15.2 Å². The first-order chi connectivity index (χ1) is 9.29. The normalized spacial score (nSPS) is 11.3. The van der Waals surface area contributed by atoms with E-state index in [1.807, 2.05) is 0 Å². The van der Waals surface area contributed by atoms with Gasteiger partial charge in [-0.3, -0.25) is 14.8 Å². The maximum absolute atomic E-state index is 13.4. The van der Waals surface area contributed by atoms with Crippen LogP contribution in [0.2, 0.25) is 0 Å². The number of rotatable bonds is 4. The number of benzene rings is 1. The van der Waals surface area contributed by atoms with Crippen LogP contribution in [0.3, 0.4) is 0 Å². The summed E-state index contributed by atoms with van der Waals surface area (Å²) in [5.74, 6) is -1.21. The number of sulfonamides is 1. The van der Waals surface area contributed by atoms with Crippen molar-refractivity contribution in [2.75, 3.05) is 4.72 Å². The van der Waals surface area contributed by atoms with Gasteiger partial charge in [0.1, 0.15) is 0 Å². The van der Waals surface area contributed by atoms with E-state index in [1.165, 1.54) is 0 Å². The third kappa shape index (κ3) is 2.91. The van der Waals surface area contributed by atoms with Gasteiger partial charge < -0.3 is 0 Å². The van der Waals surface area contributed by atoms with E-state index < -0.39 is 31.3 Å². The highest BCUT2D eigenvalue weighted by Gasteiger charge is 2.21. The lowest BCUT2D eigenvalue weighted by molar-refractivity contribution is -0.387. The first-order valence-electron chi connectivity index (χ1n) is 5.18. The van der Waals surface area contributed by atoms with E-state index in [9.17, 15) is 22.9 Å². The van der Waals surface area contributed by atoms with Crippen LogP contribution in [-0.2, 0) is 10.0 Å². The van der Waals surface area contributed by atoms with Crippen LogP contribution in [0.15, 0.2) is 28.5 Å². The van der Waals surface area contributed by atoms with Gasteiger partial charge in [-0.25, -0.2) is 13.4 Å². The van der Waals surface area contributed by atoms with Gasteiger partial charge >= 0.3 is 5.69 Å². The van der Waals surface area contributed by atoms with E-state index in [0.29, 0.717) is 11.8 Å². The van der Waals surface area contributed by atoms with Gasteiger partial charge in [-0.05, 0) is 13.0 Å². The predicted octanol–water partition coefficient (Wildman–Crippen LogP) is 2.30. The van der Waals surface area contributed by atoms with Crippen molar-refractivity contribution in [3.8, 4) is 0 Å². The Hall–Kier alpha value is -2.07. The molecule has 0 saturated heterocycles. The number of nitrogens with zero attached hydrogens (tertiary/aromatic N) is 2. The van der Waals surface area contributed by atoms with Crippen molar-refractivity contribution >= 4 is 32.2 Å². The first kappa shape index (κ1) is 14.3. The van der Waals surface area contributed by atoms with Crippen molar-refractivity contribution in [3.63, 3.8) is 0 Å². The summed E-state index contributed by atoms with van der Waals surface area (Å²) < 4.78 is 39.5. The summed E-state index contributed by atoms with van der Waals surface area (Å²) in [5, 5.41) is 12.3. The first-order valence-corrected chi connectivity index (χ1v) is 7.55. The van der Waals surface area contributed by atoms with E-state index in [2.05, 4.69) is 9.71 Å². The molecule has 1 heterocycles. The smallest absolute Gasteiger partial charge is 0.258 e. The highest BCUT2D eigenvalue weighted by molar-refractivity contribution is 7.93. The standard InChI is InChI=1S/C10H8FN3O4S2/c1-6-5-19-10(12-6)13-20(17,18)7-2-3-9(14(15)16)8(11)4-7/h2-5H,1H3,(H,12,13). The number of nitro benzene ring substituents is 1. The average Bonchev–Trinajstić information content (AvgIpc) is 2.73. The minimum atomic E-state index is -4.03. The Morgan fingerprint density at radius 2 is 2.15 bits per heavy atom. The van der Waals surface area contributed by atoms with Gasteiger partial charge in [0.25, 0.3) is 10.0 Å². The third-order valence-corrected chi connectivity index (χ3v) is 4.61. The summed E-state index contributed by atoms with van der Waals surface area (Å²) in [6, 6.07) is 2.36. The molecule has 2 aromatic rings. The Balaban J connectivity index is 2.35. The fraction of sp³-hybridized carbons (Fsp3) is 0.100. The molecule has 106 valence electrons. The van der Waals surface area contributed by atoms with Crippen LogP contribution in [0.25, 0.3) is 0 Å². The fourth-order valence-corrected chi connectivity index (χ4v) is 3.33. The van der Waals surface area contributed by atoms with Crippen molar-refractivity contribution in [1.29, 1.82) is 0 Å². The van der Waals surface area contributed by atoms with Gasteiger partial charge in [0.2, 0.25) is 5.82 Å². The molecule has 0 unspecified atom stereocenters. The Morgan fingerprint density at radius 1 is 1.45 bits per heavy atom. The van der Waals surface area contributed by atoms with Crippen molar-refractivity contribution in [2.24, 2.45) is 0 Å². The topological polar surface area (TPSA) is 102 Å². The Kier molecular flexibility index (Phi) is 3.68. The Bertz CT molecular complexity index is 773. The monoisotopic (exact) mass is 317 g/mol. The second kappa shape index (κ2) is 5.13. The minimum Gasteiger partial charge on any atom is -0.258 e. The number of nitro groups is 1. The van der Waals surface area contributed by atoms with Gasteiger partial charge in [-0.2, -0.15) is 4.39 Å². The fourth-order valence-electron chi connectivity index (χ4n) is 1.38. The van der Waals surface area contributed by atoms with E-state index in [1.54, 1.807) is 12.3 Å². The summed E-state index contributed by atoms with van der Waals surface area (Å²) in [7, 11) is -4.03. The van der Waals surface area contributed by atoms with Crippen LogP contribution < -0.4 is 4.72 Å². The number of hydrogen-bond donors (Lipinski definition) is 1. The van der Waals surface area contributed by atoms with Crippen LogP contribution in [-0.4, -0.2) is 18.3 Å². The number of hydrogen-bond acceptors (Lipinski definition) is 6. The molecule has 1 N–H and O–H groups in total. The summed E-state index contributed by atoms with van der Waals surface area (Å²) >= 11 is 1.08. The number of nitrogens with one attached hydrogen (secondary N) is 1. The molecule has 0 bridgehead atoms. The molecule has 7 nitrogen and oxygen atoms in total. The number of aryl methyl sites for hydroxylation is 1. The zero-order valence-corrected chi connectivity index (χ0v) is 11.7. The quantitative estimate of drug-likeness (QED) is 0.688. The van der Waals surface area contributed by atoms with Crippen molar-refractivity contribution in [1.82, 2.24) is 4.98 Å². The molecule has 20 heavy (non-hydrogen) atoms. The van der Waals surface area contributed by atoms with Gasteiger partial charge in [-0.15, -0.1) is 11.3 Å². The van der Waals surface area contributed by atoms with E-state index in [-0.39, 0.29) is 5.13 Å². The van der Waals surface area contributed by atoms with Crippen molar-refractivity contribution in [2.45, 2.75) is 11.8 Å². The Morgan fingerprint density at radius 3 is 2.65 bits per heavy atom. The third-order valence-electron chi connectivity index (χ3n) is 2.27.